The van der Waals surface area contributed by atoms with E-state index in [2.05, 4.69) is 63.7 Å². The molecule has 3 N–H and O–H groups in total. The van der Waals surface area contributed by atoms with Crippen LogP contribution >= 0.6 is 12.4 Å². The highest BCUT2D eigenvalue weighted by atomic mass is 35.5. The lowest BCUT2D eigenvalue weighted by Crippen LogP contribution is -2.38. The van der Waals surface area contributed by atoms with E-state index < -0.39 is 0 Å². The molecule has 1 atom stereocenters. The van der Waals surface area contributed by atoms with Gasteiger partial charge in [0.2, 0.25) is 0 Å². The van der Waals surface area contributed by atoms with E-state index in [0.29, 0.717) is 24.0 Å². The zero-order valence-electron chi connectivity index (χ0n) is 19.7. The van der Waals surface area contributed by atoms with Crippen molar-refractivity contribution in [1.29, 1.82) is 0 Å². The van der Waals surface area contributed by atoms with Crippen LogP contribution in [0.15, 0.2) is 55.0 Å². The van der Waals surface area contributed by atoms with Crippen molar-refractivity contribution in [1.82, 2.24) is 14.9 Å². The molecule has 0 aliphatic heterocycles. The molecule has 2 fully saturated rings. The summed E-state index contributed by atoms with van der Waals surface area (Å²) in [5, 5.41) is 5.26. The van der Waals surface area contributed by atoms with E-state index in [9.17, 15) is 0 Å². The van der Waals surface area contributed by atoms with Crippen LogP contribution < -0.4 is 11.1 Å². The molecule has 0 amide bonds. The number of aromatic nitrogens is 2. The fraction of sp³-hybridized carbons (Fsp3) is 0.536. The van der Waals surface area contributed by atoms with E-state index in [0.717, 1.165) is 25.8 Å². The summed E-state index contributed by atoms with van der Waals surface area (Å²) in [5.41, 5.74) is 10.3. The Balaban J connectivity index is 0.00000259. The Bertz CT molecular complexity index is 988. The Hall–Kier alpha value is -1.88. The van der Waals surface area contributed by atoms with Gasteiger partial charge in [0.15, 0.2) is 0 Å². The first-order valence-electron chi connectivity index (χ1n) is 12.8. The third-order valence-electron chi connectivity index (χ3n) is 7.84. The van der Waals surface area contributed by atoms with Crippen molar-refractivity contribution < 1.29 is 0 Å². The van der Waals surface area contributed by atoms with E-state index in [4.69, 9.17) is 5.73 Å². The number of hydrogen-bond acceptors (Lipinski definition) is 3. The summed E-state index contributed by atoms with van der Waals surface area (Å²) >= 11 is 0. The van der Waals surface area contributed by atoms with Crippen LogP contribution in [0.3, 0.4) is 0 Å². The van der Waals surface area contributed by atoms with E-state index in [1.807, 2.05) is 6.20 Å². The highest BCUT2D eigenvalue weighted by Gasteiger charge is 2.24. The molecule has 2 aromatic heterocycles. The minimum absolute atomic E-state index is 0. The fourth-order valence-electron chi connectivity index (χ4n) is 6.01. The number of hydrogen-bond donors (Lipinski definition) is 2. The Morgan fingerprint density at radius 3 is 2.52 bits per heavy atom. The standard InChI is InChI=1S/C28H38N4.ClH/c29-22-12-14-23(15-13-22)31-18-16-25(21-7-6-17-30-19-21)27-20-32(24-8-2-1-3-9-24)28-11-5-4-10-26(27)28;/h4-7,10-11,17,19-20,22-25,31H,1-3,8-9,12-16,18,29H2;1H. The van der Waals surface area contributed by atoms with E-state index in [1.54, 1.807) is 0 Å². The second-order valence-electron chi connectivity index (χ2n) is 9.99. The molecule has 0 bridgehead atoms. The van der Waals surface area contributed by atoms with Gasteiger partial charge in [0.25, 0.3) is 0 Å². The van der Waals surface area contributed by atoms with Crippen molar-refractivity contribution in [2.75, 3.05) is 6.54 Å². The molecular weight excluding hydrogens is 428 g/mol. The van der Waals surface area contributed by atoms with E-state index in [-0.39, 0.29) is 12.4 Å². The number of para-hydroxylation sites is 1. The van der Waals surface area contributed by atoms with Crippen molar-refractivity contribution in [2.24, 2.45) is 5.73 Å². The predicted octanol–water partition coefficient (Wildman–Crippen LogP) is 6.34. The molecule has 178 valence electrons. The number of benzene rings is 1. The molecule has 4 nitrogen and oxygen atoms in total. The predicted molar refractivity (Wildman–Crippen MR) is 140 cm³/mol. The van der Waals surface area contributed by atoms with Gasteiger partial charge in [0.05, 0.1) is 0 Å². The second-order valence-corrected chi connectivity index (χ2v) is 9.99. The van der Waals surface area contributed by atoms with Gasteiger partial charge in [-0.25, -0.2) is 0 Å². The Kier molecular flexibility index (Phi) is 8.45. The van der Waals surface area contributed by atoms with Gasteiger partial charge in [-0.15, -0.1) is 12.4 Å². The minimum atomic E-state index is 0. The fourth-order valence-corrected chi connectivity index (χ4v) is 6.01. The topological polar surface area (TPSA) is 55.9 Å². The minimum Gasteiger partial charge on any atom is -0.344 e. The number of nitrogens with zero attached hydrogens (tertiary/aromatic N) is 2. The molecule has 2 heterocycles. The number of rotatable bonds is 7. The normalized spacial score (nSPS) is 22.7. The second kappa shape index (κ2) is 11.5. The zero-order chi connectivity index (χ0) is 21.8. The number of nitrogens with two attached hydrogens (primary N) is 1. The lowest BCUT2D eigenvalue weighted by atomic mass is 9.88. The van der Waals surface area contributed by atoms with Crippen LogP contribution in [-0.4, -0.2) is 28.2 Å². The summed E-state index contributed by atoms with van der Waals surface area (Å²) in [5.74, 6) is 0.358. The lowest BCUT2D eigenvalue weighted by Gasteiger charge is -2.28. The molecule has 0 spiro atoms. The molecule has 33 heavy (non-hydrogen) atoms. The Morgan fingerprint density at radius 1 is 0.970 bits per heavy atom. The molecule has 0 saturated heterocycles. The summed E-state index contributed by atoms with van der Waals surface area (Å²) in [6.45, 7) is 1.03. The monoisotopic (exact) mass is 466 g/mol. The summed E-state index contributed by atoms with van der Waals surface area (Å²) in [6, 6.07) is 15.0. The molecule has 5 rings (SSSR count). The van der Waals surface area contributed by atoms with Gasteiger partial charge in [-0.05, 0) is 74.8 Å². The van der Waals surface area contributed by atoms with Gasteiger partial charge in [-0.1, -0.05) is 43.5 Å². The molecule has 2 aliphatic carbocycles. The largest absolute Gasteiger partial charge is 0.344 e. The summed E-state index contributed by atoms with van der Waals surface area (Å²) in [6.07, 6.45) is 19.0. The van der Waals surface area contributed by atoms with Gasteiger partial charge in [0, 0.05) is 53.5 Å². The van der Waals surface area contributed by atoms with Gasteiger partial charge >= 0.3 is 0 Å². The van der Waals surface area contributed by atoms with Crippen molar-refractivity contribution in [3.05, 3.63) is 66.1 Å². The van der Waals surface area contributed by atoms with Crippen molar-refractivity contribution >= 4 is 23.3 Å². The van der Waals surface area contributed by atoms with Crippen molar-refractivity contribution in [3.63, 3.8) is 0 Å². The highest BCUT2D eigenvalue weighted by molar-refractivity contribution is 5.85. The van der Waals surface area contributed by atoms with Gasteiger partial charge in [-0.2, -0.15) is 0 Å². The molecule has 5 heteroatoms. The smallest absolute Gasteiger partial charge is 0.0485 e. The number of halogens is 1. The summed E-state index contributed by atoms with van der Waals surface area (Å²) in [7, 11) is 0. The van der Waals surface area contributed by atoms with E-state index >= 15 is 0 Å². The molecule has 2 saturated carbocycles. The maximum atomic E-state index is 6.11. The molecule has 1 aromatic carbocycles. The number of pyridine rings is 1. The molecule has 0 radical (unpaired) electrons. The molecule has 3 aromatic rings. The quantitative estimate of drug-likeness (QED) is 0.426. The van der Waals surface area contributed by atoms with Gasteiger partial charge in [-0.3, -0.25) is 4.98 Å². The zero-order valence-corrected chi connectivity index (χ0v) is 20.5. The van der Waals surface area contributed by atoms with Gasteiger partial charge < -0.3 is 15.6 Å². The van der Waals surface area contributed by atoms with Crippen LogP contribution in [0, 0.1) is 0 Å². The Labute approximate surface area is 204 Å². The van der Waals surface area contributed by atoms with Crippen LogP contribution in [0.1, 0.15) is 87.3 Å². The highest BCUT2D eigenvalue weighted by Crippen LogP contribution is 2.38. The van der Waals surface area contributed by atoms with Crippen molar-refractivity contribution in [2.45, 2.75) is 88.3 Å². The average Bonchev–Trinajstić information content (AvgIpc) is 3.24. The average molecular weight is 467 g/mol. The Morgan fingerprint density at radius 2 is 1.76 bits per heavy atom. The first-order valence-corrected chi connectivity index (χ1v) is 12.8. The summed E-state index contributed by atoms with van der Waals surface area (Å²) < 4.78 is 2.60. The first kappa shape index (κ1) is 24.3. The number of nitrogens with one attached hydrogen (secondary N) is 1. The maximum absolute atomic E-state index is 6.11. The molecular formula is C28H39ClN4. The molecule has 2 aliphatic rings. The van der Waals surface area contributed by atoms with Crippen LogP contribution in [0.25, 0.3) is 10.9 Å². The SMILES string of the molecule is Cl.NC1CCC(NCCC(c2cccnc2)c2cn(C3CCCCC3)c3ccccc23)CC1. The van der Waals surface area contributed by atoms with E-state index in [1.165, 1.54) is 67.0 Å². The lowest BCUT2D eigenvalue weighted by molar-refractivity contribution is 0.340. The first-order chi connectivity index (χ1) is 15.8. The van der Waals surface area contributed by atoms with Gasteiger partial charge in [0.1, 0.15) is 0 Å². The third-order valence-corrected chi connectivity index (χ3v) is 7.84. The summed E-state index contributed by atoms with van der Waals surface area (Å²) in [4.78, 5) is 4.47. The van der Waals surface area contributed by atoms with Crippen LogP contribution in [-0.2, 0) is 0 Å². The third kappa shape index (κ3) is 5.62. The molecule has 1 unspecified atom stereocenters. The number of fused-ring (bicyclic) bond motifs is 1. The van der Waals surface area contributed by atoms with Crippen LogP contribution in [0.2, 0.25) is 0 Å². The van der Waals surface area contributed by atoms with Crippen LogP contribution in [0.5, 0.6) is 0 Å². The maximum Gasteiger partial charge on any atom is 0.0485 e. The van der Waals surface area contributed by atoms with Crippen LogP contribution in [0.4, 0.5) is 0 Å². The van der Waals surface area contributed by atoms with Crippen molar-refractivity contribution in [3.8, 4) is 0 Å².